The van der Waals surface area contributed by atoms with Crippen LogP contribution in [0.5, 0.6) is 5.75 Å². The van der Waals surface area contributed by atoms with Gasteiger partial charge in [-0.3, -0.25) is 4.98 Å². The zero-order valence-corrected chi connectivity index (χ0v) is 14.5. The molecule has 0 N–H and O–H groups in total. The first-order valence-corrected chi connectivity index (χ1v) is 9.28. The highest BCUT2D eigenvalue weighted by Crippen LogP contribution is 2.27. The van der Waals surface area contributed by atoms with Crippen molar-refractivity contribution in [3.05, 3.63) is 36.4 Å². The van der Waals surface area contributed by atoms with E-state index in [9.17, 15) is 4.39 Å². The summed E-state index contributed by atoms with van der Waals surface area (Å²) >= 11 is 0. The molecule has 1 aromatic carbocycles. The molecule has 3 heterocycles. The first-order chi connectivity index (χ1) is 12.3. The number of ether oxygens (including phenoxy) is 2. The van der Waals surface area contributed by atoms with Gasteiger partial charge in [0.1, 0.15) is 6.10 Å². The van der Waals surface area contributed by atoms with Crippen LogP contribution in [0.1, 0.15) is 25.7 Å². The fourth-order valence-corrected chi connectivity index (χ4v) is 3.86. The predicted octanol–water partition coefficient (Wildman–Crippen LogP) is 3.64. The van der Waals surface area contributed by atoms with Crippen LogP contribution in [0, 0.1) is 11.7 Å². The molecule has 2 aliphatic heterocycles. The molecule has 4 rings (SSSR count). The van der Waals surface area contributed by atoms with E-state index < -0.39 is 0 Å². The van der Waals surface area contributed by atoms with Crippen LogP contribution in [0.3, 0.4) is 0 Å². The number of nitrogens with zero attached hydrogens (tertiary/aromatic N) is 2. The van der Waals surface area contributed by atoms with Crippen LogP contribution in [0.25, 0.3) is 10.8 Å². The molecule has 0 amide bonds. The summed E-state index contributed by atoms with van der Waals surface area (Å²) in [5, 5.41) is 1.77. The highest BCUT2D eigenvalue weighted by atomic mass is 19.1. The van der Waals surface area contributed by atoms with Crippen LogP contribution in [-0.2, 0) is 4.74 Å². The predicted molar refractivity (Wildman–Crippen MR) is 95.3 cm³/mol. The standard InChI is InChI=1S/C20H25FN2O2/c21-19-11-17-13-22-6-1-16(17)12-20(19)25-18-2-7-23(8-3-18)14-15-4-9-24-10-5-15/h1,6,11-13,15,18H,2-5,7-10,14H2. The maximum absolute atomic E-state index is 14.3. The van der Waals surface area contributed by atoms with E-state index in [0.717, 1.165) is 62.4 Å². The molecule has 4 nitrogen and oxygen atoms in total. The smallest absolute Gasteiger partial charge is 0.165 e. The lowest BCUT2D eigenvalue weighted by molar-refractivity contribution is 0.0384. The number of likely N-dealkylation sites (tertiary alicyclic amines) is 1. The fraction of sp³-hybridized carbons (Fsp3) is 0.550. The molecule has 0 aliphatic carbocycles. The molecule has 0 saturated carbocycles. The number of rotatable bonds is 4. The number of halogens is 1. The van der Waals surface area contributed by atoms with E-state index >= 15 is 0 Å². The third-order valence-electron chi connectivity index (χ3n) is 5.38. The number of piperidine rings is 1. The van der Waals surface area contributed by atoms with Crippen LogP contribution in [0.2, 0.25) is 0 Å². The summed E-state index contributed by atoms with van der Waals surface area (Å²) in [5.41, 5.74) is 0. The summed E-state index contributed by atoms with van der Waals surface area (Å²) in [6.45, 7) is 5.03. The lowest BCUT2D eigenvalue weighted by atomic mass is 9.98. The van der Waals surface area contributed by atoms with Crippen LogP contribution in [0.4, 0.5) is 4.39 Å². The quantitative estimate of drug-likeness (QED) is 0.848. The van der Waals surface area contributed by atoms with E-state index in [1.807, 2.05) is 6.07 Å². The van der Waals surface area contributed by atoms with Crippen molar-refractivity contribution in [2.45, 2.75) is 31.8 Å². The molecule has 0 atom stereocenters. The molecule has 2 fully saturated rings. The summed E-state index contributed by atoms with van der Waals surface area (Å²) in [6.07, 6.45) is 7.75. The van der Waals surface area contributed by atoms with Crippen molar-refractivity contribution in [3.8, 4) is 5.75 Å². The van der Waals surface area contributed by atoms with Gasteiger partial charge in [0.2, 0.25) is 0 Å². The van der Waals surface area contributed by atoms with Crippen molar-refractivity contribution >= 4 is 10.8 Å². The van der Waals surface area contributed by atoms with Crippen molar-refractivity contribution < 1.29 is 13.9 Å². The molecule has 5 heteroatoms. The number of hydrogen-bond donors (Lipinski definition) is 0. The Kier molecular flexibility index (Phi) is 5.13. The molecule has 0 bridgehead atoms. The Morgan fingerprint density at radius 2 is 1.92 bits per heavy atom. The van der Waals surface area contributed by atoms with Gasteiger partial charge in [-0.15, -0.1) is 0 Å². The van der Waals surface area contributed by atoms with Crippen molar-refractivity contribution in [1.82, 2.24) is 9.88 Å². The highest BCUT2D eigenvalue weighted by Gasteiger charge is 2.24. The van der Waals surface area contributed by atoms with Crippen LogP contribution < -0.4 is 4.74 Å². The summed E-state index contributed by atoms with van der Waals surface area (Å²) in [6, 6.07) is 5.19. The van der Waals surface area contributed by atoms with Crippen LogP contribution >= 0.6 is 0 Å². The van der Waals surface area contributed by atoms with Gasteiger partial charge < -0.3 is 14.4 Å². The van der Waals surface area contributed by atoms with Crippen molar-refractivity contribution in [1.29, 1.82) is 0 Å². The second-order valence-corrected chi connectivity index (χ2v) is 7.18. The molecule has 134 valence electrons. The van der Waals surface area contributed by atoms with Gasteiger partial charge in [-0.1, -0.05) is 0 Å². The van der Waals surface area contributed by atoms with Gasteiger partial charge in [0.05, 0.1) is 0 Å². The highest BCUT2D eigenvalue weighted by molar-refractivity contribution is 5.83. The van der Waals surface area contributed by atoms with E-state index in [-0.39, 0.29) is 11.9 Å². The maximum atomic E-state index is 14.3. The Hall–Kier alpha value is -1.72. The van der Waals surface area contributed by atoms with Gasteiger partial charge in [-0.05, 0) is 55.2 Å². The molecular formula is C20H25FN2O2. The molecule has 0 unspecified atom stereocenters. The average Bonchev–Trinajstić information content (AvgIpc) is 2.65. The summed E-state index contributed by atoms with van der Waals surface area (Å²) in [4.78, 5) is 6.56. The molecule has 2 saturated heterocycles. The Morgan fingerprint density at radius 1 is 1.12 bits per heavy atom. The SMILES string of the molecule is Fc1cc2cnccc2cc1OC1CCN(CC2CCOCC2)CC1. The zero-order chi connectivity index (χ0) is 17.1. The topological polar surface area (TPSA) is 34.6 Å². The van der Waals surface area contributed by atoms with E-state index in [1.165, 1.54) is 18.9 Å². The molecule has 0 spiro atoms. The molecule has 0 radical (unpaired) electrons. The number of pyridine rings is 1. The van der Waals surface area contributed by atoms with Gasteiger partial charge in [0.15, 0.2) is 11.6 Å². The van der Waals surface area contributed by atoms with Crippen LogP contribution in [-0.4, -0.2) is 48.8 Å². The number of fused-ring (bicyclic) bond motifs is 1. The van der Waals surface area contributed by atoms with E-state index in [4.69, 9.17) is 9.47 Å². The molecular weight excluding hydrogens is 319 g/mol. The Balaban J connectivity index is 1.33. The minimum Gasteiger partial charge on any atom is -0.487 e. The lowest BCUT2D eigenvalue weighted by Crippen LogP contribution is -2.41. The maximum Gasteiger partial charge on any atom is 0.165 e. The second-order valence-electron chi connectivity index (χ2n) is 7.18. The summed E-state index contributed by atoms with van der Waals surface area (Å²) < 4.78 is 25.7. The largest absolute Gasteiger partial charge is 0.487 e. The third-order valence-corrected chi connectivity index (χ3v) is 5.38. The minimum atomic E-state index is -0.301. The number of hydrogen-bond acceptors (Lipinski definition) is 4. The zero-order valence-electron chi connectivity index (χ0n) is 14.5. The Morgan fingerprint density at radius 3 is 2.72 bits per heavy atom. The number of aromatic nitrogens is 1. The molecule has 2 aliphatic rings. The normalized spacial score (nSPS) is 20.8. The Labute approximate surface area is 147 Å². The second kappa shape index (κ2) is 7.67. The fourth-order valence-electron chi connectivity index (χ4n) is 3.86. The third kappa shape index (κ3) is 4.10. The first kappa shape index (κ1) is 16.7. The van der Waals surface area contributed by atoms with E-state index in [2.05, 4.69) is 9.88 Å². The van der Waals surface area contributed by atoms with Gasteiger partial charge in [-0.25, -0.2) is 4.39 Å². The summed E-state index contributed by atoms with van der Waals surface area (Å²) in [7, 11) is 0. The van der Waals surface area contributed by atoms with Gasteiger partial charge in [-0.2, -0.15) is 0 Å². The monoisotopic (exact) mass is 344 g/mol. The summed E-state index contributed by atoms with van der Waals surface area (Å²) in [5.74, 6) is 0.824. The van der Waals surface area contributed by atoms with Gasteiger partial charge >= 0.3 is 0 Å². The van der Waals surface area contributed by atoms with E-state index in [1.54, 1.807) is 18.5 Å². The van der Waals surface area contributed by atoms with Gasteiger partial charge in [0.25, 0.3) is 0 Å². The first-order valence-electron chi connectivity index (χ1n) is 9.28. The molecule has 2 aromatic rings. The van der Waals surface area contributed by atoms with E-state index in [0.29, 0.717) is 5.75 Å². The van der Waals surface area contributed by atoms with Crippen molar-refractivity contribution in [3.63, 3.8) is 0 Å². The minimum absolute atomic E-state index is 0.0970. The molecule has 1 aromatic heterocycles. The van der Waals surface area contributed by atoms with Crippen molar-refractivity contribution in [2.24, 2.45) is 5.92 Å². The van der Waals surface area contributed by atoms with Gasteiger partial charge in [0, 0.05) is 50.6 Å². The molecule has 25 heavy (non-hydrogen) atoms. The Bertz CT molecular complexity index is 710. The average molecular weight is 344 g/mol. The van der Waals surface area contributed by atoms with Crippen molar-refractivity contribution in [2.75, 3.05) is 32.8 Å². The van der Waals surface area contributed by atoms with Crippen LogP contribution in [0.15, 0.2) is 30.6 Å². The lowest BCUT2D eigenvalue weighted by Gasteiger charge is -2.35. The number of benzene rings is 1.